The Kier molecular flexibility index (Phi) is 4.05. The lowest BCUT2D eigenvalue weighted by molar-refractivity contribution is -0.130. The highest BCUT2D eigenvalue weighted by atomic mass is 16.2. The Morgan fingerprint density at radius 3 is 2.93 bits per heavy atom. The highest BCUT2D eigenvalue weighted by molar-refractivity contribution is 5.83. The molecule has 0 aromatic rings. The molecular weight excluding hydrogens is 196 g/mol. The van der Waals surface area contributed by atoms with Gasteiger partial charge in [-0.2, -0.15) is 0 Å². The predicted molar refractivity (Wildman–Crippen MR) is 55.8 cm³/mol. The van der Waals surface area contributed by atoms with E-state index in [-0.39, 0.29) is 11.9 Å². The van der Waals surface area contributed by atoms with Gasteiger partial charge in [-0.05, 0) is 6.42 Å². The molecule has 2 unspecified atom stereocenters. The molecule has 0 bridgehead atoms. The maximum atomic E-state index is 11.5. The van der Waals surface area contributed by atoms with E-state index >= 15 is 0 Å². The molecule has 1 aliphatic rings. The summed E-state index contributed by atoms with van der Waals surface area (Å²) in [5.74, 6) is -0.531. The number of carbonyl (C=O) groups excluding carboxylic acids is 2. The minimum Gasteiger partial charge on any atom is -0.368 e. The Bertz CT molecular complexity index is 256. The molecule has 0 spiro atoms. The monoisotopic (exact) mass is 214 g/mol. The fourth-order valence-electron chi connectivity index (χ4n) is 1.77. The van der Waals surface area contributed by atoms with Crippen LogP contribution in [-0.2, 0) is 9.59 Å². The number of hydrogen-bond donors (Lipinski definition) is 3. The highest BCUT2D eigenvalue weighted by Crippen LogP contribution is 2.08. The fraction of sp³-hybridized carbons (Fsp3) is 0.778. The van der Waals surface area contributed by atoms with E-state index in [0.717, 1.165) is 0 Å². The van der Waals surface area contributed by atoms with Gasteiger partial charge in [-0.15, -0.1) is 0 Å². The second-order valence-corrected chi connectivity index (χ2v) is 3.72. The van der Waals surface area contributed by atoms with Gasteiger partial charge < -0.3 is 16.8 Å². The first-order chi connectivity index (χ1) is 7.06. The second kappa shape index (κ2) is 5.09. The summed E-state index contributed by atoms with van der Waals surface area (Å²) in [5.41, 5.74) is 10.6. The van der Waals surface area contributed by atoms with Crippen molar-refractivity contribution >= 4 is 11.8 Å². The number of primary amides is 1. The topological polar surface area (TPSA) is 101 Å². The Labute approximate surface area is 89.0 Å². The summed E-state index contributed by atoms with van der Waals surface area (Å²) in [7, 11) is 0. The Hall–Kier alpha value is -1.14. The molecule has 0 saturated carbocycles. The molecule has 2 amide bonds. The van der Waals surface area contributed by atoms with Gasteiger partial charge in [-0.1, -0.05) is 6.92 Å². The van der Waals surface area contributed by atoms with Crippen LogP contribution in [0.4, 0.5) is 0 Å². The van der Waals surface area contributed by atoms with Crippen molar-refractivity contribution in [3.63, 3.8) is 0 Å². The minimum absolute atomic E-state index is 0.000389. The molecule has 6 nitrogen and oxygen atoms in total. The average Bonchev–Trinajstić information content (AvgIpc) is 2.18. The molecule has 1 saturated heterocycles. The number of amides is 2. The van der Waals surface area contributed by atoms with E-state index in [9.17, 15) is 9.59 Å². The highest BCUT2D eigenvalue weighted by Gasteiger charge is 2.29. The minimum atomic E-state index is -0.704. The maximum absolute atomic E-state index is 11.5. The van der Waals surface area contributed by atoms with Gasteiger partial charge in [-0.25, -0.2) is 0 Å². The number of carbonyl (C=O) groups is 2. The van der Waals surface area contributed by atoms with Gasteiger partial charge in [0.1, 0.15) is 0 Å². The van der Waals surface area contributed by atoms with Crippen molar-refractivity contribution in [2.45, 2.75) is 25.4 Å². The predicted octanol–water partition coefficient (Wildman–Crippen LogP) is -1.99. The first-order valence-electron chi connectivity index (χ1n) is 5.13. The largest absolute Gasteiger partial charge is 0.368 e. The summed E-state index contributed by atoms with van der Waals surface area (Å²) >= 11 is 0. The van der Waals surface area contributed by atoms with E-state index in [2.05, 4.69) is 5.32 Å². The zero-order valence-corrected chi connectivity index (χ0v) is 8.90. The van der Waals surface area contributed by atoms with Crippen LogP contribution in [-0.4, -0.2) is 48.4 Å². The summed E-state index contributed by atoms with van der Waals surface area (Å²) in [5, 5.41) is 2.78. The van der Waals surface area contributed by atoms with Crippen LogP contribution in [0.15, 0.2) is 0 Å². The van der Waals surface area contributed by atoms with Gasteiger partial charge in [0.05, 0.1) is 12.1 Å². The van der Waals surface area contributed by atoms with Crippen molar-refractivity contribution in [3.05, 3.63) is 0 Å². The van der Waals surface area contributed by atoms with Crippen LogP contribution in [0.3, 0.4) is 0 Å². The molecule has 0 aliphatic carbocycles. The third-order valence-electron chi connectivity index (χ3n) is 2.63. The second-order valence-electron chi connectivity index (χ2n) is 3.72. The first kappa shape index (κ1) is 11.9. The average molecular weight is 214 g/mol. The Morgan fingerprint density at radius 1 is 1.73 bits per heavy atom. The molecule has 1 fully saturated rings. The molecule has 15 heavy (non-hydrogen) atoms. The molecular formula is C9H18N4O2. The first-order valence-corrected chi connectivity index (χ1v) is 5.13. The smallest absolute Gasteiger partial charge is 0.237 e. The lowest BCUT2D eigenvalue weighted by Crippen LogP contribution is -2.58. The van der Waals surface area contributed by atoms with Gasteiger partial charge in [0.25, 0.3) is 0 Å². The van der Waals surface area contributed by atoms with Crippen LogP contribution < -0.4 is 16.8 Å². The van der Waals surface area contributed by atoms with Crippen LogP contribution in [0.1, 0.15) is 13.3 Å². The normalized spacial score (nSPS) is 24.7. The molecule has 6 heteroatoms. The van der Waals surface area contributed by atoms with Gasteiger partial charge >= 0.3 is 0 Å². The van der Waals surface area contributed by atoms with E-state index in [4.69, 9.17) is 11.5 Å². The third kappa shape index (κ3) is 2.90. The van der Waals surface area contributed by atoms with Crippen LogP contribution in [0.25, 0.3) is 0 Å². The van der Waals surface area contributed by atoms with Gasteiger partial charge in [-0.3, -0.25) is 14.5 Å². The van der Waals surface area contributed by atoms with Crippen molar-refractivity contribution in [1.29, 1.82) is 0 Å². The molecule has 1 heterocycles. The molecule has 2 atom stereocenters. The lowest BCUT2D eigenvalue weighted by atomic mass is 10.1. The van der Waals surface area contributed by atoms with E-state index < -0.39 is 11.9 Å². The van der Waals surface area contributed by atoms with Crippen LogP contribution >= 0.6 is 0 Å². The molecule has 1 aliphatic heterocycles. The molecule has 86 valence electrons. The lowest BCUT2D eigenvalue weighted by Gasteiger charge is -2.35. The number of nitrogens with one attached hydrogen (secondary N) is 1. The molecule has 0 aromatic carbocycles. The summed E-state index contributed by atoms with van der Waals surface area (Å²) in [6.07, 6.45) is 0.706. The molecule has 0 aromatic heterocycles. The zero-order valence-electron chi connectivity index (χ0n) is 8.90. The van der Waals surface area contributed by atoms with E-state index in [1.807, 2.05) is 11.8 Å². The third-order valence-corrected chi connectivity index (χ3v) is 2.63. The van der Waals surface area contributed by atoms with Crippen LogP contribution in [0.2, 0.25) is 0 Å². The number of hydrogen-bond acceptors (Lipinski definition) is 4. The van der Waals surface area contributed by atoms with E-state index in [0.29, 0.717) is 26.1 Å². The number of rotatable bonds is 4. The standard InChI is InChI=1S/C9H18N4O2/c1-2-7-9(15)12-3-4-13(7)5-6(10)8(11)14/h6-7H,2-5,10H2,1H3,(H2,11,14)(H,12,15). The Balaban J connectivity index is 2.58. The summed E-state index contributed by atoms with van der Waals surface area (Å²) in [6, 6.07) is -0.894. The van der Waals surface area contributed by atoms with E-state index in [1.54, 1.807) is 0 Å². The number of nitrogens with zero attached hydrogens (tertiary/aromatic N) is 1. The van der Waals surface area contributed by atoms with Gasteiger partial charge in [0, 0.05) is 19.6 Å². The summed E-state index contributed by atoms with van der Waals surface area (Å²) in [4.78, 5) is 24.2. The van der Waals surface area contributed by atoms with E-state index in [1.165, 1.54) is 0 Å². The SMILES string of the molecule is CCC1C(=O)NCCN1CC(N)C(N)=O. The molecule has 1 rings (SSSR count). The number of nitrogens with two attached hydrogens (primary N) is 2. The Morgan fingerprint density at radius 2 is 2.40 bits per heavy atom. The van der Waals surface area contributed by atoms with Crippen molar-refractivity contribution < 1.29 is 9.59 Å². The van der Waals surface area contributed by atoms with Gasteiger partial charge in [0.15, 0.2) is 0 Å². The number of piperazine rings is 1. The molecule has 0 radical (unpaired) electrons. The van der Waals surface area contributed by atoms with Crippen molar-refractivity contribution in [3.8, 4) is 0 Å². The van der Waals surface area contributed by atoms with Crippen molar-refractivity contribution in [2.24, 2.45) is 11.5 Å². The summed E-state index contributed by atoms with van der Waals surface area (Å²) in [6.45, 7) is 3.59. The van der Waals surface area contributed by atoms with Crippen molar-refractivity contribution in [2.75, 3.05) is 19.6 Å². The quantitative estimate of drug-likeness (QED) is 0.504. The maximum Gasteiger partial charge on any atom is 0.237 e. The van der Waals surface area contributed by atoms with Gasteiger partial charge in [0.2, 0.25) is 11.8 Å². The van der Waals surface area contributed by atoms with Crippen LogP contribution in [0, 0.1) is 0 Å². The zero-order chi connectivity index (χ0) is 11.4. The molecule has 5 N–H and O–H groups in total. The summed E-state index contributed by atoms with van der Waals surface area (Å²) < 4.78 is 0. The fourth-order valence-corrected chi connectivity index (χ4v) is 1.77. The van der Waals surface area contributed by atoms with Crippen molar-refractivity contribution in [1.82, 2.24) is 10.2 Å². The van der Waals surface area contributed by atoms with Crippen LogP contribution in [0.5, 0.6) is 0 Å².